The molecule has 1 aromatic rings. The molecule has 0 fully saturated rings. The van der Waals surface area contributed by atoms with Gasteiger partial charge in [-0.25, -0.2) is 4.39 Å². The Labute approximate surface area is 96.9 Å². The molecule has 1 unspecified atom stereocenters. The van der Waals surface area contributed by atoms with Gasteiger partial charge in [0.25, 0.3) is 0 Å². The number of methoxy groups -OCH3 is 1. The Balaban J connectivity index is 2.70. The lowest BCUT2D eigenvalue weighted by Gasteiger charge is -2.15. The van der Waals surface area contributed by atoms with Crippen LogP contribution in [0.3, 0.4) is 0 Å². The summed E-state index contributed by atoms with van der Waals surface area (Å²) in [6.07, 6.45) is 0.686. The van der Waals surface area contributed by atoms with E-state index in [1.54, 1.807) is 13.2 Å². The third-order valence-corrected chi connectivity index (χ3v) is 2.82. The van der Waals surface area contributed by atoms with Gasteiger partial charge in [-0.15, -0.1) is 0 Å². The van der Waals surface area contributed by atoms with Gasteiger partial charge in [-0.05, 0) is 24.1 Å². The molecular formula is C10H14BrFN2O. The van der Waals surface area contributed by atoms with Crippen molar-refractivity contribution in [2.24, 2.45) is 5.84 Å². The van der Waals surface area contributed by atoms with Crippen LogP contribution in [0.1, 0.15) is 5.56 Å². The van der Waals surface area contributed by atoms with Gasteiger partial charge in [-0.2, -0.15) is 0 Å². The molecule has 0 aliphatic heterocycles. The van der Waals surface area contributed by atoms with Gasteiger partial charge in [0.05, 0.1) is 6.61 Å². The molecule has 0 spiro atoms. The Morgan fingerprint density at radius 2 is 2.33 bits per heavy atom. The molecular weight excluding hydrogens is 263 g/mol. The Kier molecular flexibility index (Phi) is 5.17. The molecule has 5 heteroatoms. The van der Waals surface area contributed by atoms with Gasteiger partial charge in [0.15, 0.2) is 0 Å². The van der Waals surface area contributed by atoms with Gasteiger partial charge in [-0.3, -0.25) is 11.3 Å². The number of hydrogen-bond acceptors (Lipinski definition) is 3. The zero-order valence-electron chi connectivity index (χ0n) is 8.47. The SMILES string of the molecule is COCC(Cc1ccc(F)cc1Br)NN. The minimum absolute atomic E-state index is 0.0248. The second kappa shape index (κ2) is 6.17. The zero-order valence-corrected chi connectivity index (χ0v) is 10.1. The Bertz CT molecular complexity index is 322. The van der Waals surface area contributed by atoms with E-state index < -0.39 is 0 Å². The quantitative estimate of drug-likeness (QED) is 0.635. The molecule has 15 heavy (non-hydrogen) atoms. The van der Waals surface area contributed by atoms with Crippen LogP contribution >= 0.6 is 15.9 Å². The van der Waals surface area contributed by atoms with Gasteiger partial charge < -0.3 is 4.74 Å². The van der Waals surface area contributed by atoms with E-state index in [1.165, 1.54) is 12.1 Å². The summed E-state index contributed by atoms with van der Waals surface area (Å²) in [6, 6.07) is 4.63. The van der Waals surface area contributed by atoms with Crippen LogP contribution in [0.25, 0.3) is 0 Å². The average Bonchev–Trinajstić information content (AvgIpc) is 2.21. The molecule has 1 rings (SSSR count). The summed E-state index contributed by atoms with van der Waals surface area (Å²) >= 11 is 3.31. The van der Waals surface area contributed by atoms with Gasteiger partial charge in [0.1, 0.15) is 5.82 Å². The summed E-state index contributed by atoms with van der Waals surface area (Å²) in [4.78, 5) is 0. The molecule has 0 radical (unpaired) electrons. The molecule has 0 aliphatic carbocycles. The summed E-state index contributed by atoms with van der Waals surface area (Å²) in [5.41, 5.74) is 3.65. The number of nitrogens with one attached hydrogen (secondary N) is 1. The topological polar surface area (TPSA) is 47.3 Å². The van der Waals surface area contributed by atoms with E-state index >= 15 is 0 Å². The molecule has 0 saturated heterocycles. The highest BCUT2D eigenvalue weighted by atomic mass is 79.9. The first-order valence-corrected chi connectivity index (χ1v) is 5.35. The maximum absolute atomic E-state index is 12.8. The first kappa shape index (κ1) is 12.6. The minimum Gasteiger partial charge on any atom is -0.383 e. The lowest BCUT2D eigenvalue weighted by Crippen LogP contribution is -2.40. The number of hydrazine groups is 1. The Morgan fingerprint density at radius 1 is 1.60 bits per heavy atom. The second-order valence-electron chi connectivity index (χ2n) is 3.26. The molecule has 0 aromatic heterocycles. The largest absolute Gasteiger partial charge is 0.383 e. The summed E-state index contributed by atoms with van der Waals surface area (Å²) in [6.45, 7) is 0.514. The van der Waals surface area contributed by atoms with Crippen molar-refractivity contribution in [1.82, 2.24) is 5.43 Å². The summed E-state index contributed by atoms with van der Waals surface area (Å²) in [5, 5.41) is 0. The van der Waals surface area contributed by atoms with Crippen molar-refractivity contribution < 1.29 is 9.13 Å². The van der Waals surface area contributed by atoms with E-state index in [-0.39, 0.29) is 11.9 Å². The normalized spacial score (nSPS) is 12.8. The van der Waals surface area contributed by atoms with E-state index in [9.17, 15) is 4.39 Å². The second-order valence-corrected chi connectivity index (χ2v) is 4.11. The highest BCUT2D eigenvalue weighted by Gasteiger charge is 2.10. The lowest BCUT2D eigenvalue weighted by molar-refractivity contribution is 0.166. The van der Waals surface area contributed by atoms with E-state index in [2.05, 4.69) is 21.4 Å². The van der Waals surface area contributed by atoms with Crippen molar-refractivity contribution in [2.75, 3.05) is 13.7 Å². The van der Waals surface area contributed by atoms with Crippen molar-refractivity contribution in [1.29, 1.82) is 0 Å². The van der Waals surface area contributed by atoms with Crippen molar-refractivity contribution in [2.45, 2.75) is 12.5 Å². The summed E-state index contributed by atoms with van der Waals surface area (Å²) in [7, 11) is 1.62. The van der Waals surface area contributed by atoms with Crippen LogP contribution in [0.15, 0.2) is 22.7 Å². The van der Waals surface area contributed by atoms with Crippen LogP contribution in [0.2, 0.25) is 0 Å². The van der Waals surface area contributed by atoms with Crippen LogP contribution < -0.4 is 11.3 Å². The molecule has 84 valence electrons. The molecule has 0 aliphatic rings. The van der Waals surface area contributed by atoms with Crippen LogP contribution in [-0.4, -0.2) is 19.8 Å². The van der Waals surface area contributed by atoms with E-state index in [0.717, 1.165) is 10.0 Å². The maximum atomic E-state index is 12.8. The van der Waals surface area contributed by atoms with Crippen LogP contribution in [0, 0.1) is 5.82 Å². The smallest absolute Gasteiger partial charge is 0.124 e. The Morgan fingerprint density at radius 3 is 2.87 bits per heavy atom. The molecule has 1 aromatic carbocycles. The minimum atomic E-state index is -0.255. The van der Waals surface area contributed by atoms with E-state index in [4.69, 9.17) is 10.6 Å². The fraction of sp³-hybridized carbons (Fsp3) is 0.400. The number of rotatable bonds is 5. The molecule has 0 saturated carbocycles. The number of halogens is 2. The molecule has 3 nitrogen and oxygen atoms in total. The van der Waals surface area contributed by atoms with Crippen LogP contribution in [0.5, 0.6) is 0 Å². The van der Waals surface area contributed by atoms with Gasteiger partial charge in [0, 0.05) is 17.6 Å². The van der Waals surface area contributed by atoms with Crippen molar-refractivity contribution in [3.05, 3.63) is 34.1 Å². The Hall–Kier alpha value is -0.490. The summed E-state index contributed by atoms with van der Waals surface area (Å²) in [5.74, 6) is 5.11. The van der Waals surface area contributed by atoms with Crippen LogP contribution in [-0.2, 0) is 11.2 Å². The lowest BCUT2D eigenvalue weighted by atomic mass is 10.1. The van der Waals surface area contributed by atoms with Crippen molar-refractivity contribution in [3.8, 4) is 0 Å². The maximum Gasteiger partial charge on any atom is 0.124 e. The molecule has 1 atom stereocenters. The number of ether oxygens (including phenoxy) is 1. The predicted molar refractivity (Wildman–Crippen MR) is 60.8 cm³/mol. The highest BCUT2D eigenvalue weighted by molar-refractivity contribution is 9.10. The van der Waals surface area contributed by atoms with E-state index in [0.29, 0.717) is 13.0 Å². The van der Waals surface area contributed by atoms with Crippen molar-refractivity contribution in [3.63, 3.8) is 0 Å². The number of nitrogens with two attached hydrogens (primary N) is 1. The number of hydrogen-bond donors (Lipinski definition) is 2. The van der Waals surface area contributed by atoms with Crippen molar-refractivity contribution >= 4 is 15.9 Å². The fourth-order valence-electron chi connectivity index (χ4n) is 1.32. The van der Waals surface area contributed by atoms with E-state index in [1.807, 2.05) is 0 Å². The van der Waals surface area contributed by atoms with Gasteiger partial charge >= 0.3 is 0 Å². The molecule has 3 N–H and O–H groups in total. The molecule has 0 heterocycles. The monoisotopic (exact) mass is 276 g/mol. The molecule has 0 bridgehead atoms. The first-order valence-electron chi connectivity index (χ1n) is 4.56. The third-order valence-electron chi connectivity index (χ3n) is 2.08. The average molecular weight is 277 g/mol. The highest BCUT2D eigenvalue weighted by Crippen LogP contribution is 2.19. The standard InChI is InChI=1S/C10H14BrFN2O/c1-15-6-9(14-13)4-7-2-3-8(12)5-10(7)11/h2-3,5,9,14H,4,6,13H2,1H3. The van der Waals surface area contributed by atoms with Gasteiger partial charge in [0.2, 0.25) is 0 Å². The fourth-order valence-corrected chi connectivity index (χ4v) is 1.83. The predicted octanol–water partition coefficient (Wildman–Crippen LogP) is 1.61. The first-order chi connectivity index (χ1) is 7.17. The summed E-state index contributed by atoms with van der Waals surface area (Å²) < 4.78 is 18.6. The third kappa shape index (κ3) is 3.87. The number of benzene rings is 1. The zero-order chi connectivity index (χ0) is 11.3. The van der Waals surface area contributed by atoms with Crippen LogP contribution in [0.4, 0.5) is 4.39 Å². The van der Waals surface area contributed by atoms with Gasteiger partial charge in [-0.1, -0.05) is 22.0 Å². The molecule has 0 amide bonds.